The van der Waals surface area contributed by atoms with E-state index in [9.17, 15) is 4.79 Å². The molecule has 0 aromatic heterocycles. The molecule has 0 radical (unpaired) electrons. The standard InChI is InChI=1S/C8H14N2O/c1-10-3-2-8(5-10)4-6(8)7(9)11/h6H,2-5H2,1H3,(H2,9,11)/t6?,8-/m1/s1. The molecule has 1 amide bonds. The summed E-state index contributed by atoms with van der Waals surface area (Å²) in [5.74, 6) is 0.0905. The highest BCUT2D eigenvalue weighted by molar-refractivity contribution is 5.80. The van der Waals surface area contributed by atoms with E-state index in [0.717, 1.165) is 25.9 Å². The lowest BCUT2D eigenvalue weighted by molar-refractivity contribution is -0.119. The maximum absolute atomic E-state index is 10.8. The van der Waals surface area contributed by atoms with Crippen molar-refractivity contribution in [3.8, 4) is 0 Å². The van der Waals surface area contributed by atoms with Gasteiger partial charge in [-0.05, 0) is 31.8 Å². The molecule has 0 aromatic rings. The van der Waals surface area contributed by atoms with Crippen LogP contribution >= 0.6 is 0 Å². The minimum atomic E-state index is -0.0969. The van der Waals surface area contributed by atoms with Crippen molar-refractivity contribution in [2.45, 2.75) is 12.8 Å². The summed E-state index contributed by atoms with van der Waals surface area (Å²) in [6, 6.07) is 0. The highest BCUT2D eigenvalue weighted by Gasteiger charge is 2.59. The first-order chi connectivity index (χ1) is 5.14. The Kier molecular flexibility index (Phi) is 1.27. The van der Waals surface area contributed by atoms with Crippen LogP contribution in [0.1, 0.15) is 12.8 Å². The molecule has 2 atom stereocenters. The molecule has 1 aliphatic heterocycles. The van der Waals surface area contributed by atoms with Crippen molar-refractivity contribution in [2.75, 3.05) is 20.1 Å². The van der Waals surface area contributed by atoms with E-state index in [2.05, 4.69) is 11.9 Å². The fraction of sp³-hybridized carbons (Fsp3) is 0.875. The Labute approximate surface area is 66.5 Å². The molecular weight excluding hydrogens is 140 g/mol. The number of carbonyl (C=O) groups is 1. The molecule has 0 bridgehead atoms. The Bertz CT molecular complexity index is 204. The van der Waals surface area contributed by atoms with Crippen LogP contribution in [0.5, 0.6) is 0 Å². The molecule has 3 nitrogen and oxygen atoms in total. The quantitative estimate of drug-likeness (QED) is 0.569. The highest BCUT2D eigenvalue weighted by Crippen LogP contribution is 2.57. The molecule has 2 rings (SSSR count). The van der Waals surface area contributed by atoms with E-state index < -0.39 is 0 Å². The van der Waals surface area contributed by atoms with Gasteiger partial charge in [0.2, 0.25) is 5.91 Å². The number of hydrogen-bond donors (Lipinski definition) is 1. The molecule has 1 aliphatic carbocycles. The summed E-state index contributed by atoms with van der Waals surface area (Å²) in [5, 5.41) is 0. The lowest BCUT2D eigenvalue weighted by atomic mass is 10.0. The minimum absolute atomic E-state index is 0.0969. The van der Waals surface area contributed by atoms with Gasteiger partial charge in [0, 0.05) is 12.5 Å². The van der Waals surface area contributed by atoms with Gasteiger partial charge in [-0.3, -0.25) is 4.79 Å². The van der Waals surface area contributed by atoms with Gasteiger partial charge < -0.3 is 10.6 Å². The average molecular weight is 154 g/mol. The molecule has 1 saturated carbocycles. The monoisotopic (exact) mass is 154 g/mol. The molecule has 1 heterocycles. The van der Waals surface area contributed by atoms with E-state index in [1.807, 2.05) is 0 Å². The molecule has 3 heteroatoms. The average Bonchev–Trinajstić information content (AvgIpc) is 2.48. The summed E-state index contributed by atoms with van der Waals surface area (Å²) in [6.07, 6.45) is 2.20. The number of primary amides is 1. The van der Waals surface area contributed by atoms with E-state index in [1.165, 1.54) is 0 Å². The zero-order chi connectivity index (χ0) is 8.06. The molecule has 2 N–H and O–H groups in total. The van der Waals surface area contributed by atoms with Gasteiger partial charge in [0.15, 0.2) is 0 Å². The lowest BCUT2D eigenvalue weighted by Gasteiger charge is -2.07. The molecular formula is C8H14N2O. The van der Waals surface area contributed by atoms with Gasteiger partial charge in [0.1, 0.15) is 0 Å². The van der Waals surface area contributed by atoms with Crippen LogP contribution < -0.4 is 5.73 Å². The van der Waals surface area contributed by atoms with E-state index in [0.29, 0.717) is 5.41 Å². The van der Waals surface area contributed by atoms with Gasteiger partial charge in [-0.1, -0.05) is 0 Å². The Morgan fingerprint density at radius 3 is 2.82 bits per heavy atom. The number of likely N-dealkylation sites (tertiary alicyclic amines) is 1. The summed E-state index contributed by atoms with van der Waals surface area (Å²) >= 11 is 0. The second-order valence-corrected chi connectivity index (χ2v) is 4.01. The van der Waals surface area contributed by atoms with Crippen molar-refractivity contribution < 1.29 is 4.79 Å². The Balaban J connectivity index is 2.02. The van der Waals surface area contributed by atoms with E-state index in [-0.39, 0.29) is 11.8 Å². The third-order valence-corrected chi connectivity index (χ3v) is 3.11. The van der Waals surface area contributed by atoms with Crippen LogP contribution in [0.4, 0.5) is 0 Å². The largest absolute Gasteiger partial charge is 0.369 e. The number of rotatable bonds is 1. The number of amides is 1. The fourth-order valence-electron chi connectivity index (χ4n) is 2.31. The summed E-state index contributed by atoms with van der Waals surface area (Å²) in [5.41, 5.74) is 5.55. The van der Waals surface area contributed by atoms with Gasteiger partial charge in [-0.15, -0.1) is 0 Å². The lowest BCUT2D eigenvalue weighted by Crippen LogP contribution is -2.21. The van der Waals surface area contributed by atoms with Crippen molar-refractivity contribution in [2.24, 2.45) is 17.1 Å². The molecule has 0 aromatic carbocycles. The topological polar surface area (TPSA) is 46.3 Å². The van der Waals surface area contributed by atoms with Crippen LogP contribution in [-0.4, -0.2) is 30.9 Å². The fourth-order valence-corrected chi connectivity index (χ4v) is 2.31. The van der Waals surface area contributed by atoms with Crippen LogP contribution in [0.15, 0.2) is 0 Å². The Hall–Kier alpha value is -0.570. The van der Waals surface area contributed by atoms with Gasteiger partial charge in [0.25, 0.3) is 0 Å². The molecule has 1 saturated heterocycles. The molecule has 62 valence electrons. The minimum Gasteiger partial charge on any atom is -0.369 e. The predicted molar refractivity (Wildman–Crippen MR) is 41.8 cm³/mol. The molecule has 1 spiro atoms. The second kappa shape index (κ2) is 1.97. The van der Waals surface area contributed by atoms with Crippen LogP contribution in [0.25, 0.3) is 0 Å². The summed E-state index contributed by atoms with van der Waals surface area (Å²) in [6.45, 7) is 2.20. The first-order valence-electron chi connectivity index (χ1n) is 4.12. The van der Waals surface area contributed by atoms with Gasteiger partial charge >= 0.3 is 0 Å². The van der Waals surface area contributed by atoms with Crippen LogP contribution in [0.3, 0.4) is 0 Å². The van der Waals surface area contributed by atoms with Crippen molar-refractivity contribution in [1.82, 2.24) is 4.90 Å². The third-order valence-electron chi connectivity index (χ3n) is 3.11. The van der Waals surface area contributed by atoms with Crippen LogP contribution in [0, 0.1) is 11.3 Å². The highest BCUT2D eigenvalue weighted by atomic mass is 16.1. The maximum Gasteiger partial charge on any atom is 0.221 e. The second-order valence-electron chi connectivity index (χ2n) is 4.01. The molecule has 1 unspecified atom stereocenters. The SMILES string of the molecule is CN1CC[C@@]2(CC2C(N)=O)C1. The first kappa shape index (κ1) is 7.10. The number of hydrogen-bond acceptors (Lipinski definition) is 2. The Morgan fingerprint density at radius 2 is 2.45 bits per heavy atom. The summed E-state index contributed by atoms with van der Waals surface area (Å²) in [4.78, 5) is 13.1. The van der Waals surface area contributed by atoms with Crippen molar-refractivity contribution in [3.63, 3.8) is 0 Å². The van der Waals surface area contributed by atoms with E-state index in [1.54, 1.807) is 0 Å². The molecule has 11 heavy (non-hydrogen) atoms. The van der Waals surface area contributed by atoms with Gasteiger partial charge in [0.05, 0.1) is 0 Å². The van der Waals surface area contributed by atoms with Crippen molar-refractivity contribution >= 4 is 5.91 Å². The van der Waals surface area contributed by atoms with Crippen LogP contribution in [-0.2, 0) is 4.79 Å². The van der Waals surface area contributed by atoms with E-state index >= 15 is 0 Å². The van der Waals surface area contributed by atoms with Gasteiger partial charge in [-0.2, -0.15) is 0 Å². The molecule has 2 aliphatic rings. The number of nitrogens with two attached hydrogens (primary N) is 1. The van der Waals surface area contributed by atoms with Crippen molar-refractivity contribution in [3.05, 3.63) is 0 Å². The Morgan fingerprint density at radius 1 is 1.73 bits per heavy atom. The zero-order valence-electron chi connectivity index (χ0n) is 6.84. The zero-order valence-corrected chi connectivity index (χ0v) is 6.84. The normalized spacial score (nSPS) is 43.2. The van der Waals surface area contributed by atoms with Crippen molar-refractivity contribution in [1.29, 1.82) is 0 Å². The summed E-state index contributed by atoms with van der Waals surface area (Å²) < 4.78 is 0. The molecule has 2 fully saturated rings. The van der Waals surface area contributed by atoms with Crippen LogP contribution in [0.2, 0.25) is 0 Å². The number of carbonyl (C=O) groups excluding carboxylic acids is 1. The van der Waals surface area contributed by atoms with Gasteiger partial charge in [-0.25, -0.2) is 0 Å². The predicted octanol–water partition coefficient (Wildman–Crippen LogP) is -0.187. The third kappa shape index (κ3) is 0.948. The number of nitrogens with zero attached hydrogens (tertiary/aromatic N) is 1. The summed E-state index contributed by atoms with van der Waals surface area (Å²) in [7, 11) is 2.10. The maximum atomic E-state index is 10.8. The first-order valence-corrected chi connectivity index (χ1v) is 4.12. The van der Waals surface area contributed by atoms with E-state index in [4.69, 9.17) is 5.73 Å². The smallest absolute Gasteiger partial charge is 0.221 e.